The zero-order valence-electron chi connectivity index (χ0n) is 10.4. The van der Waals surface area contributed by atoms with Crippen molar-refractivity contribution in [2.24, 2.45) is 5.92 Å². The molecule has 1 heterocycles. The monoisotopic (exact) mass is 287 g/mol. The summed E-state index contributed by atoms with van der Waals surface area (Å²) < 4.78 is 0. The topological polar surface area (TPSA) is 23.5 Å². The maximum Gasteiger partial charge on any atom is 0.0465 e. The Hall–Kier alpha value is -0.280. The molecule has 0 bridgehead atoms. The van der Waals surface area contributed by atoms with Crippen LogP contribution in [-0.4, -0.2) is 29.7 Å². The molecule has 1 saturated heterocycles. The van der Waals surface area contributed by atoms with Crippen molar-refractivity contribution < 1.29 is 5.11 Å². The molecule has 0 radical (unpaired) electrons. The first-order chi connectivity index (χ1) is 8.70. The Morgan fingerprint density at radius 3 is 2.67 bits per heavy atom. The first kappa shape index (κ1) is 14.1. The second kappa shape index (κ2) is 6.76. The number of likely N-dealkylation sites (tertiary alicyclic amines) is 1. The van der Waals surface area contributed by atoms with Crippen molar-refractivity contribution in [1.82, 2.24) is 4.90 Å². The van der Waals surface area contributed by atoms with Crippen LogP contribution in [-0.2, 0) is 6.54 Å². The largest absolute Gasteiger partial charge is 0.396 e. The van der Waals surface area contributed by atoms with Crippen LogP contribution in [0.5, 0.6) is 0 Å². The third-order valence-electron chi connectivity index (χ3n) is 3.58. The molecule has 1 unspecified atom stereocenters. The SMILES string of the molecule is OCCC1CCCN(Cc2c(Cl)cccc2Cl)C1. The molecule has 1 aliphatic rings. The minimum absolute atomic E-state index is 0.283. The summed E-state index contributed by atoms with van der Waals surface area (Å²) in [6.45, 7) is 3.21. The molecule has 1 atom stereocenters. The summed E-state index contributed by atoms with van der Waals surface area (Å²) in [4.78, 5) is 2.39. The molecule has 0 spiro atoms. The summed E-state index contributed by atoms with van der Waals surface area (Å²) >= 11 is 12.4. The number of hydrogen-bond donors (Lipinski definition) is 1. The molecule has 1 aromatic rings. The summed E-state index contributed by atoms with van der Waals surface area (Å²) in [7, 11) is 0. The van der Waals surface area contributed by atoms with Gasteiger partial charge in [-0.25, -0.2) is 0 Å². The summed E-state index contributed by atoms with van der Waals surface area (Å²) in [6, 6.07) is 5.65. The van der Waals surface area contributed by atoms with E-state index >= 15 is 0 Å². The number of hydrogen-bond acceptors (Lipinski definition) is 2. The van der Waals surface area contributed by atoms with Gasteiger partial charge in [-0.1, -0.05) is 29.3 Å². The molecule has 0 aromatic heterocycles. The van der Waals surface area contributed by atoms with Crippen LogP contribution in [0.4, 0.5) is 0 Å². The second-order valence-corrected chi connectivity index (χ2v) is 5.77. The van der Waals surface area contributed by atoms with Crippen molar-refractivity contribution in [1.29, 1.82) is 0 Å². The number of piperidine rings is 1. The van der Waals surface area contributed by atoms with E-state index in [0.29, 0.717) is 5.92 Å². The van der Waals surface area contributed by atoms with Crippen LogP contribution in [0, 0.1) is 5.92 Å². The number of halogens is 2. The Bertz CT molecular complexity index is 375. The van der Waals surface area contributed by atoms with E-state index in [1.807, 2.05) is 18.2 Å². The number of nitrogens with zero attached hydrogens (tertiary/aromatic N) is 1. The summed E-state index contributed by atoms with van der Waals surface area (Å²) in [5.74, 6) is 0.602. The van der Waals surface area contributed by atoms with Crippen LogP contribution in [0.1, 0.15) is 24.8 Å². The Morgan fingerprint density at radius 1 is 1.28 bits per heavy atom. The van der Waals surface area contributed by atoms with Gasteiger partial charge in [0.1, 0.15) is 0 Å². The van der Waals surface area contributed by atoms with Crippen molar-refractivity contribution in [3.05, 3.63) is 33.8 Å². The molecule has 18 heavy (non-hydrogen) atoms. The first-order valence-corrected chi connectivity index (χ1v) is 7.22. The molecule has 2 nitrogen and oxygen atoms in total. The van der Waals surface area contributed by atoms with Crippen molar-refractivity contribution >= 4 is 23.2 Å². The molecule has 0 aliphatic carbocycles. The fourth-order valence-electron chi connectivity index (χ4n) is 2.62. The molecule has 0 amide bonds. The molecular formula is C14H19Cl2NO. The van der Waals surface area contributed by atoms with Crippen LogP contribution in [0.25, 0.3) is 0 Å². The van der Waals surface area contributed by atoms with Crippen LogP contribution in [0.3, 0.4) is 0 Å². The summed E-state index contributed by atoms with van der Waals surface area (Å²) in [5, 5.41) is 10.5. The summed E-state index contributed by atoms with van der Waals surface area (Å²) in [6.07, 6.45) is 3.30. The smallest absolute Gasteiger partial charge is 0.0465 e. The van der Waals surface area contributed by atoms with Crippen LogP contribution < -0.4 is 0 Å². The van der Waals surface area contributed by atoms with E-state index < -0.39 is 0 Å². The van der Waals surface area contributed by atoms with Gasteiger partial charge >= 0.3 is 0 Å². The molecule has 1 aliphatic heterocycles. The van der Waals surface area contributed by atoms with Gasteiger partial charge in [0.25, 0.3) is 0 Å². The highest BCUT2D eigenvalue weighted by molar-refractivity contribution is 6.35. The lowest BCUT2D eigenvalue weighted by molar-refractivity contribution is 0.142. The highest BCUT2D eigenvalue weighted by Gasteiger charge is 2.20. The van der Waals surface area contributed by atoms with E-state index in [0.717, 1.165) is 41.7 Å². The maximum absolute atomic E-state index is 9.02. The predicted molar refractivity (Wildman–Crippen MR) is 76.2 cm³/mol. The van der Waals surface area contributed by atoms with Crippen LogP contribution >= 0.6 is 23.2 Å². The van der Waals surface area contributed by atoms with E-state index in [1.165, 1.54) is 12.8 Å². The molecule has 2 rings (SSSR count). The minimum Gasteiger partial charge on any atom is -0.396 e. The van der Waals surface area contributed by atoms with Crippen LogP contribution in [0.2, 0.25) is 10.0 Å². The number of aliphatic hydroxyl groups excluding tert-OH is 1. The minimum atomic E-state index is 0.283. The normalized spacial score (nSPS) is 21.2. The van der Waals surface area contributed by atoms with Gasteiger partial charge in [-0.2, -0.15) is 0 Å². The quantitative estimate of drug-likeness (QED) is 0.915. The average molecular weight is 288 g/mol. The van der Waals surface area contributed by atoms with E-state index in [1.54, 1.807) is 0 Å². The lowest BCUT2D eigenvalue weighted by Crippen LogP contribution is -2.35. The van der Waals surface area contributed by atoms with E-state index in [2.05, 4.69) is 4.90 Å². The van der Waals surface area contributed by atoms with Gasteiger partial charge in [-0.3, -0.25) is 4.90 Å². The Kier molecular flexibility index (Phi) is 5.31. The molecule has 1 fully saturated rings. The highest BCUT2D eigenvalue weighted by Crippen LogP contribution is 2.28. The lowest BCUT2D eigenvalue weighted by Gasteiger charge is -2.32. The van der Waals surface area contributed by atoms with Gasteiger partial charge in [0.15, 0.2) is 0 Å². The van der Waals surface area contributed by atoms with Gasteiger partial charge in [0, 0.05) is 35.3 Å². The Balaban J connectivity index is 2.00. The number of benzene rings is 1. The lowest BCUT2D eigenvalue weighted by atomic mass is 9.95. The Labute approximate surface area is 119 Å². The fraction of sp³-hybridized carbons (Fsp3) is 0.571. The van der Waals surface area contributed by atoms with Gasteiger partial charge < -0.3 is 5.11 Å². The Morgan fingerprint density at radius 2 is 2.00 bits per heavy atom. The van der Waals surface area contributed by atoms with Gasteiger partial charge in [-0.15, -0.1) is 0 Å². The van der Waals surface area contributed by atoms with E-state index in [4.69, 9.17) is 28.3 Å². The number of aliphatic hydroxyl groups is 1. The molecular weight excluding hydrogens is 269 g/mol. The average Bonchev–Trinajstić information content (AvgIpc) is 2.35. The third-order valence-corrected chi connectivity index (χ3v) is 4.29. The van der Waals surface area contributed by atoms with Crippen molar-refractivity contribution in [2.45, 2.75) is 25.8 Å². The second-order valence-electron chi connectivity index (χ2n) is 4.96. The highest BCUT2D eigenvalue weighted by atomic mass is 35.5. The maximum atomic E-state index is 9.02. The molecule has 4 heteroatoms. The molecule has 1 aromatic carbocycles. The number of rotatable bonds is 4. The zero-order valence-corrected chi connectivity index (χ0v) is 11.9. The molecule has 0 saturated carbocycles. The summed E-state index contributed by atoms with van der Waals surface area (Å²) in [5.41, 5.74) is 1.02. The van der Waals surface area contributed by atoms with Crippen molar-refractivity contribution in [3.63, 3.8) is 0 Å². The van der Waals surface area contributed by atoms with Gasteiger partial charge in [-0.05, 0) is 43.9 Å². The zero-order chi connectivity index (χ0) is 13.0. The molecule has 100 valence electrons. The van der Waals surface area contributed by atoms with E-state index in [-0.39, 0.29) is 6.61 Å². The van der Waals surface area contributed by atoms with E-state index in [9.17, 15) is 0 Å². The fourth-order valence-corrected chi connectivity index (χ4v) is 3.14. The first-order valence-electron chi connectivity index (χ1n) is 6.47. The van der Waals surface area contributed by atoms with Gasteiger partial charge in [0.05, 0.1) is 0 Å². The van der Waals surface area contributed by atoms with Crippen LogP contribution in [0.15, 0.2) is 18.2 Å². The van der Waals surface area contributed by atoms with Crippen molar-refractivity contribution in [2.75, 3.05) is 19.7 Å². The standard InChI is InChI=1S/C14H19Cl2NO/c15-13-4-1-5-14(16)12(13)10-17-7-2-3-11(9-17)6-8-18/h1,4-5,11,18H,2-3,6-10H2. The van der Waals surface area contributed by atoms with Gasteiger partial charge in [0.2, 0.25) is 0 Å². The van der Waals surface area contributed by atoms with Crippen molar-refractivity contribution in [3.8, 4) is 0 Å². The third kappa shape index (κ3) is 3.61. The molecule has 1 N–H and O–H groups in total. The predicted octanol–water partition coefficient (Wildman–Crippen LogP) is 3.59.